The van der Waals surface area contributed by atoms with Crippen LogP contribution in [0.5, 0.6) is 0 Å². The molecule has 0 aliphatic carbocycles. The summed E-state index contributed by atoms with van der Waals surface area (Å²) in [5, 5.41) is 3.22. The van der Waals surface area contributed by atoms with Crippen molar-refractivity contribution in [1.82, 2.24) is 15.3 Å². The highest BCUT2D eigenvalue weighted by molar-refractivity contribution is 5.85. The number of carbonyl (C=O) groups is 1. The van der Waals surface area contributed by atoms with Gasteiger partial charge in [-0.25, -0.2) is 14.8 Å². The first-order valence-electron chi connectivity index (χ1n) is 7.01. The van der Waals surface area contributed by atoms with Crippen LogP contribution in [0, 0.1) is 6.92 Å². The van der Waals surface area contributed by atoms with Crippen LogP contribution in [0.4, 0.5) is 5.82 Å². The van der Waals surface area contributed by atoms with Crippen molar-refractivity contribution in [3.63, 3.8) is 0 Å². The van der Waals surface area contributed by atoms with Crippen LogP contribution >= 0.6 is 0 Å². The molecule has 0 amide bonds. The number of carbonyl (C=O) groups excluding carboxylic acids is 1. The maximum atomic E-state index is 11.6. The summed E-state index contributed by atoms with van der Waals surface area (Å²) in [5.41, 5.74) is 0.782. The number of aryl methyl sites for hydroxylation is 1. The van der Waals surface area contributed by atoms with E-state index in [1.165, 1.54) is 13.5 Å². The van der Waals surface area contributed by atoms with Crippen LogP contribution in [0.1, 0.15) is 35.6 Å². The molecule has 1 unspecified atom stereocenters. The van der Waals surface area contributed by atoms with Gasteiger partial charge < -0.3 is 15.0 Å². The zero-order chi connectivity index (χ0) is 14.5. The highest BCUT2D eigenvalue weighted by Gasteiger charge is 2.24. The number of esters is 1. The molecule has 0 bridgehead atoms. The van der Waals surface area contributed by atoms with E-state index < -0.39 is 5.97 Å². The minimum absolute atomic E-state index is 0.135. The van der Waals surface area contributed by atoms with E-state index in [1.54, 1.807) is 0 Å². The number of hydrogen-bond donors (Lipinski definition) is 1. The molecule has 0 spiro atoms. The maximum Gasteiger partial charge on any atom is 0.376 e. The van der Waals surface area contributed by atoms with Crippen LogP contribution in [-0.4, -0.2) is 49.2 Å². The van der Waals surface area contributed by atoms with E-state index in [-0.39, 0.29) is 5.82 Å². The minimum atomic E-state index is -0.489. The van der Waals surface area contributed by atoms with E-state index in [0.29, 0.717) is 6.04 Å². The second-order valence-corrected chi connectivity index (χ2v) is 5.08. The largest absolute Gasteiger partial charge is 0.463 e. The van der Waals surface area contributed by atoms with E-state index in [0.717, 1.165) is 37.4 Å². The van der Waals surface area contributed by atoms with E-state index >= 15 is 0 Å². The van der Waals surface area contributed by atoms with Gasteiger partial charge in [-0.1, -0.05) is 0 Å². The molecule has 6 heteroatoms. The summed E-state index contributed by atoms with van der Waals surface area (Å²) in [6, 6.07) is 2.34. The van der Waals surface area contributed by atoms with Gasteiger partial charge in [0.25, 0.3) is 0 Å². The monoisotopic (exact) mass is 278 g/mol. The molecule has 110 valence electrons. The fourth-order valence-electron chi connectivity index (χ4n) is 2.63. The average Bonchev–Trinajstić information content (AvgIpc) is 2.46. The number of aromatic nitrogens is 2. The molecule has 1 saturated heterocycles. The Morgan fingerprint density at radius 2 is 2.30 bits per heavy atom. The standard InChI is InChI=1S/C14H22N4O2/c1-10-8-12(17-13(16-10)14(19)20-3)18-7-5-4-6-11(18)9-15-2/h8,11,15H,4-7,9H2,1-3H3. The first kappa shape index (κ1) is 14.7. The van der Waals surface area contributed by atoms with Crippen molar-refractivity contribution in [2.45, 2.75) is 32.2 Å². The van der Waals surface area contributed by atoms with Crippen LogP contribution in [-0.2, 0) is 4.74 Å². The first-order chi connectivity index (χ1) is 9.65. The van der Waals surface area contributed by atoms with Crippen LogP contribution in [0.3, 0.4) is 0 Å². The number of anilines is 1. The summed E-state index contributed by atoms with van der Waals surface area (Å²) in [7, 11) is 3.30. The van der Waals surface area contributed by atoms with Gasteiger partial charge in [0.1, 0.15) is 5.82 Å². The van der Waals surface area contributed by atoms with Gasteiger partial charge in [-0.2, -0.15) is 0 Å². The lowest BCUT2D eigenvalue weighted by Gasteiger charge is -2.36. The fourth-order valence-corrected chi connectivity index (χ4v) is 2.63. The van der Waals surface area contributed by atoms with Gasteiger partial charge in [0.05, 0.1) is 7.11 Å². The smallest absolute Gasteiger partial charge is 0.376 e. The molecule has 1 N–H and O–H groups in total. The molecule has 0 saturated carbocycles. The van der Waals surface area contributed by atoms with Gasteiger partial charge in [0.2, 0.25) is 5.82 Å². The van der Waals surface area contributed by atoms with E-state index in [1.807, 2.05) is 20.0 Å². The van der Waals surface area contributed by atoms with Gasteiger partial charge in [-0.05, 0) is 33.2 Å². The molecule has 0 aromatic carbocycles. The fraction of sp³-hybridized carbons (Fsp3) is 0.643. The summed E-state index contributed by atoms with van der Waals surface area (Å²) >= 11 is 0. The lowest BCUT2D eigenvalue weighted by Crippen LogP contribution is -2.45. The lowest BCUT2D eigenvalue weighted by molar-refractivity contribution is 0.0586. The Morgan fingerprint density at radius 3 is 3.00 bits per heavy atom. The summed E-state index contributed by atoms with van der Waals surface area (Å²) in [4.78, 5) is 22.4. The van der Waals surface area contributed by atoms with Gasteiger partial charge >= 0.3 is 5.97 Å². The number of nitrogens with one attached hydrogen (secondary N) is 1. The number of likely N-dealkylation sites (N-methyl/N-ethyl adjacent to an activating group) is 1. The molecular formula is C14H22N4O2. The van der Waals surface area contributed by atoms with Crippen LogP contribution in [0.25, 0.3) is 0 Å². The van der Waals surface area contributed by atoms with Crippen molar-refractivity contribution in [1.29, 1.82) is 0 Å². The summed E-state index contributed by atoms with van der Waals surface area (Å²) in [5.74, 6) is 0.464. The summed E-state index contributed by atoms with van der Waals surface area (Å²) < 4.78 is 4.71. The first-order valence-corrected chi connectivity index (χ1v) is 7.01. The Bertz CT molecular complexity index is 476. The molecule has 6 nitrogen and oxygen atoms in total. The second-order valence-electron chi connectivity index (χ2n) is 5.08. The zero-order valence-corrected chi connectivity index (χ0v) is 12.3. The van der Waals surface area contributed by atoms with Crippen LogP contribution in [0.15, 0.2) is 6.07 Å². The Hall–Kier alpha value is -1.69. The molecule has 1 atom stereocenters. The Kier molecular flexibility index (Phi) is 4.89. The van der Waals surface area contributed by atoms with E-state index in [9.17, 15) is 4.79 Å². The number of nitrogens with zero attached hydrogens (tertiary/aromatic N) is 3. The van der Waals surface area contributed by atoms with Crippen molar-refractivity contribution in [2.75, 3.05) is 32.1 Å². The van der Waals surface area contributed by atoms with E-state index in [4.69, 9.17) is 4.74 Å². The third-order valence-corrected chi connectivity index (χ3v) is 3.57. The van der Waals surface area contributed by atoms with Crippen molar-refractivity contribution < 1.29 is 9.53 Å². The highest BCUT2D eigenvalue weighted by Crippen LogP contribution is 2.23. The molecule has 2 heterocycles. The van der Waals surface area contributed by atoms with Crippen LogP contribution < -0.4 is 10.2 Å². The predicted molar refractivity (Wildman–Crippen MR) is 77.0 cm³/mol. The summed E-state index contributed by atoms with van der Waals surface area (Å²) in [6.45, 7) is 3.74. The van der Waals surface area contributed by atoms with Gasteiger partial charge in [-0.15, -0.1) is 0 Å². The minimum Gasteiger partial charge on any atom is -0.463 e. The number of hydrogen-bond acceptors (Lipinski definition) is 6. The predicted octanol–water partition coefficient (Wildman–Crippen LogP) is 1.15. The molecule has 1 aliphatic rings. The Morgan fingerprint density at radius 1 is 1.50 bits per heavy atom. The number of methoxy groups -OCH3 is 1. The average molecular weight is 278 g/mol. The molecule has 20 heavy (non-hydrogen) atoms. The van der Waals surface area contributed by atoms with Crippen molar-refractivity contribution in [3.05, 3.63) is 17.6 Å². The van der Waals surface area contributed by atoms with Crippen molar-refractivity contribution >= 4 is 11.8 Å². The third-order valence-electron chi connectivity index (χ3n) is 3.57. The third kappa shape index (κ3) is 3.25. The lowest BCUT2D eigenvalue weighted by atomic mass is 10.0. The number of ether oxygens (including phenoxy) is 1. The van der Waals surface area contributed by atoms with Gasteiger partial charge in [-0.3, -0.25) is 0 Å². The molecular weight excluding hydrogens is 256 g/mol. The van der Waals surface area contributed by atoms with Gasteiger partial charge in [0, 0.05) is 30.9 Å². The molecule has 2 rings (SSSR count). The molecule has 1 aromatic heterocycles. The molecule has 1 aliphatic heterocycles. The van der Waals surface area contributed by atoms with Gasteiger partial charge in [0.15, 0.2) is 0 Å². The normalized spacial score (nSPS) is 18.9. The second kappa shape index (κ2) is 6.65. The van der Waals surface area contributed by atoms with Crippen LogP contribution in [0.2, 0.25) is 0 Å². The topological polar surface area (TPSA) is 67.4 Å². The van der Waals surface area contributed by atoms with Crippen molar-refractivity contribution in [3.8, 4) is 0 Å². The SMILES string of the molecule is CNCC1CCCCN1c1cc(C)nc(C(=O)OC)n1. The van der Waals surface area contributed by atoms with Crippen molar-refractivity contribution in [2.24, 2.45) is 0 Å². The maximum absolute atomic E-state index is 11.6. The molecule has 1 fully saturated rings. The molecule has 1 aromatic rings. The zero-order valence-electron chi connectivity index (χ0n) is 12.3. The molecule has 0 radical (unpaired) electrons. The Labute approximate surface area is 119 Å². The highest BCUT2D eigenvalue weighted by atomic mass is 16.5. The Balaban J connectivity index is 2.29. The number of rotatable bonds is 4. The summed E-state index contributed by atoms with van der Waals surface area (Å²) in [6.07, 6.45) is 3.52. The van der Waals surface area contributed by atoms with E-state index in [2.05, 4.69) is 20.2 Å². The number of piperidine rings is 1. The quantitative estimate of drug-likeness (QED) is 0.833.